The van der Waals surface area contributed by atoms with Crippen molar-refractivity contribution in [1.82, 2.24) is 10.6 Å². The summed E-state index contributed by atoms with van der Waals surface area (Å²) in [5.74, 6) is 0.926. The van der Waals surface area contributed by atoms with Gasteiger partial charge in [-0.2, -0.15) is 5.26 Å². The highest BCUT2D eigenvalue weighted by molar-refractivity contribution is 5.94. The Kier molecular flexibility index (Phi) is 3.71. The molecule has 2 N–H and O–H groups in total. The van der Waals surface area contributed by atoms with Gasteiger partial charge in [0.2, 0.25) is 5.76 Å². The summed E-state index contributed by atoms with van der Waals surface area (Å²) in [5, 5.41) is 15.3. The molecule has 6 heteroatoms. The molecule has 4 rings (SSSR count). The average Bonchev–Trinajstić information content (AvgIpc) is 3.32. The molecule has 2 aliphatic rings. The molecule has 2 fully saturated rings. The lowest BCUT2D eigenvalue weighted by Gasteiger charge is -2.21. The molecule has 2 saturated heterocycles. The van der Waals surface area contributed by atoms with Crippen molar-refractivity contribution in [3.63, 3.8) is 0 Å². The predicted molar refractivity (Wildman–Crippen MR) is 85.8 cm³/mol. The van der Waals surface area contributed by atoms with Crippen LogP contribution in [0.1, 0.15) is 35.4 Å². The van der Waals surface area contributed by atoms with Crippen LogP contribution in [0.25, 0.3) is 0 Å². The maximum absolute atomic E-state index is 12.4. The van der Waals surface area contributed by atoms with Crippen LogP contribution >= 0.6 is 0 Å². The number of hydrogen-bond donors (Lipinski definition) is 2. The number of nitrogens with one attached hydrogen (secondary N) is 2. The first kappa shape index (κ1) is 14.8. The van der Waals surface area contributed by atoms with Crippen molar-refractivity contribution in [2.24, 2.45) is 0 Å². The molecule has 6 nitrogen and oxygen atoms in total. The third-order valence-electron chi connectivity index (χ3n) is 4.64. The summed E-state index contributed by atoms with van der Waals surface area (Å²) in [6.07, 6.45) is 3.36. The number of ether oxygens (including phenoxy) is 1. The Hall–Kier alpha value is -2.78. The van der Waals surface area contributed by atoms with Crippen LogP contribution in [0.5, 0.6) is 11.7 Å². The van der Waals surface area contributed by atoms with Gasteiger partial charge in [0.15, 0.2) is 0 Å². The van der Waals surface area contributed by atoms with Gasteiger partial charge in [-0.3, -0.25) is 4.79 Å². The summed E-state index contributed by atoms with van der Waals surface area (Å²) in [4.78, 5) is 12.4. The lowest BCUT2D eigenvalue weighted by Crippen LogP contribution is -2.42. The number of hydrogen-bond acceptors (Lipinski definition) is 5. The van der Waals surface area contributed by atoms with Gasteiger partial charge in [-0.15, -0.1) is 0 Å². The standard InChI is InChI=1S/C18H17N3O3/c19-10-14-6-8-17(24-14)23-13-4-1-11(2-5-13)18(22)21-16-9-12-3-7-15(16)20-12/h1-2,4-6,8,12,15-16,20H,3,7,9H2,(H,21,22)/t12-,15-,16-/m0/s1. The fourth-order valence-corrected chi connectivity index (χ4v) is 3.46. The molecule has 2 bridgehead atoms. The van der Waals surface area contributed by atoms with E-state index in [9.17, 15) is 4.79 Å². The molecule has 3 heterocycles. The van der Waals surface area contributed by atoms with Gasteiger partial charge in [0, 0.05) is 29.8 Å². The molecule has 1 aromatic heterocycles. The zero-order valence-corrected chi connectivity index (χ0v) is 13.0. The van der Waals surface area contributed by atoms with Gasteiger partial charge in [-0.1, -0.05) is 0 Å². The molecule has 122 valence electrons. The van der Waals surface area contributed by atoms with Gasteiger partial charge >= 0.3 is 0 Å². The van der Waals surface area contributed by atoms with Crippen molar-refractivity contribution < 1.29 is 13.9 Å². The smallest absolute Gasteiger partial charge is 0.291 e. The molecule has 0 radical (unpaired) electrons. The first-order valence-corrected chi connectivity index (χ1v) is 8.06. The van der Waals surface area contributed by atoms with Crippen LogP contribution in [0.15, 0.2) is 40.8 Å². The fraction of sp³-hybridized carbons (Fsp3) is 0.333. The molecule has 0 saturated carbocycles. The minimum Gasteiger partial charge on any atom is -0.426 e. The van der Waals surface area contributed by atoms with Crippen molar-refractivity contribution >= 4 is 5.91 Å². The van der Waals surface area contributed by atoms with Gasteiger partial charge in [0.25, 0.3) is 11.9 Å². The minimum absolute atomic E-state index is 0.0642. The van der Waals surface area contributed by atoms with Gasteiger partial charge in [-0.25, -0.2) is 0 Å². The van der Waals surface area contributed by atoms with Crippen molar-refractivity contribution in [3.05, 3.63) is 47.7 Å². The molecule has 3 atom stereocenters. The zero-order chi connectivity index (χ0) is 16.5. The number of nitriles is 1. The number of rotatable bonds is 4. The van der Waals surface area contributed by atoms with E-state index in [0.29, 0.717) is 23.4 Å². The zero-order valence-electron chi connectivity index (χ0n) is 13.0. The highest BCUT2D eigenvalue weighted by atomic mass is 16.6. The summed E-state index contributed by atoms with van der Waals surface area (Å²) >= 11 is 0. The van der Waals surface area contributed by atoms with Crippen LogP contribution in [-0.4, -0.2) is 24.0 Å². The summed E-state index contributed by atoms with van der Waals surface area (Å²) in [5.41, 5.74) is 0.599. The fourth-order valence-electron chi connectivity index (χ4n) is 3.46. The topological polar surface area (TPSA) is 87.3 Å². The van der Waals surface area contributed by atoms with E-state index in [2.05, 4.69) is 10.6 Å². The van der Waals surface area contributed by atoms with E-state index in [1.807, 2.05) is 6.07 Å². The van der Waals surface area contributed by atoms with Crippen LogP contribution < -0.4 is 15.4 Å². The first-order valence-electron chi connectivity index (χ1n) is 8.06. The molecule has 24 heavy (non-hydrogen) atoms. The van der Waals surface area contributed by atoms with Crippen molar-refractivity contribution in [2.45, 2.75) is 37.4 Å². The largest absolute Gasteiger partial charge is 0.426 e. The quantitative estimate of drug-likeness (QED) is 0.903. The second kappa shape index (κ2) is 6.02. The third-order valence-corrected chi connectivity index (χ3v) is 4.64. The summed E-state index contributed by atoms with van der Waals surface area (Å²) < 4.78 is 10.7. The van der Waals surface area contributed by atoms with Crippen LogP contribution in [0, 0.1) is 11.3 Å². The Morgan fingerprint density at radius 3 is 2.71 bits per heavy atom. The van der Waals surface area contributed by atoms with E-state index in [4.69, 9.17) is 14.4 Å². The number of carbonyl (C=O) groups excluding carboxylic acids is 1. The Balaban J connectivity index is 1.38. The Morgan fingerprint density at radius 2 is 2.08 bits per heavy atom. The summed E-state index contributed by atoms with van der Waals surface area (Å²) in [7, 11) is 0. The van der Waals surface area contributed by atoms with Gasteiger partial charge in [-0.05, 0) is 49.6 Å². The van der Waals surface area contributed by atoms with Gasteiger partial charge in [0.1, 0.15) is 11.8 Å². The molecular weight excluding hydrogens is 306 g/mol. The van der Waals surface area contributed by atoms with Crippen LogP contribution in [0.3, 0.4) is 0 Å². The van der Waals surface area contributed by atoms with Crippen LogP contribution in [0.4, 0.5) is 0 Å². The van der Waals surface area contributed by atoms with Gasteiger partial charge in [0.05, 0.1) is 0 Å². The maximum Gasteiger partial charge on any atom is 0.291 e. The van der Waals surface area contributed by atoms with E-state index in [1.54, 1.807) is 36.4 Å². The normalized spacial score (nSPS) is 24.5. The molecular formula is C18H17N3O3. The number of fused-ring (bicyclic) bond motifs is 2. The van der Waals surface area contributed by atoms with E-state index in [-0.39, 0.29) is 23.7 Å². The Bertz CT molecular complexity index is 791. The molecule has 0 spiro atoms. The first-order chi connectivity index (χ1) is 11.7. The summed E-state index contributed by atoms with van der Waals surface area (Å²) in [6, 6.07) is 13.1. The average molecular weight is 323 g/mol. The minimum atomic E-state index is -0.0642. The monoisotopic (exact) mass is 323 g/mol. The van der Waals surface area contributed by atoms with Crippen molar-refractivity contribution in [1.29, 1.82) is 5.26 Å². The SMILES string of the molecule is N#Cc1ccc(Oc2ccc(C(=O)N[C@H]3C[C@@H]4CC[C@@H]3N4)cc2)o1. The highest BCUT2D eigenvalue weighted by Gasteiger charge is 2.39. The molecule has 0 unspecified atom stereocenters. The lowest BCUT2D eigenvalue weighted by molar-refractivity contribution is 0.0931. The third kappa shape index (κ3) is 2.86. The van der Waals surface area contributed by atoms with Crippen molar-refractivity contribution in [2.75, 3.05) is 0 Å². The molecule has 1 aromatic carbocycles. The van der Waals surface area contributed by atoms with Crippen LogP contribution in [0.2, 0.25) is 0 Å². The van der Waals surface area contributed by atoms with Crippen LogP contribution in [-0.2, 0) is 0 Å². The molecule has 2 aliphatic heterocycles. The second-order valence-corrected chi connectivity index (χ2v) is 6.22. The number of furan rings is 1. The summed E-state index contributed by atoms with van der Waals surface area (Å²) in [6.45, 7) is 0. The molecule has 2 aromatic rings. The predicted octanol–water partition coefficient (Wildman–Crippen LogP) is 2.57. The lowest BCUT2D eigenvalue weighted by atomic mass is 9.95. The molecule has 1 amide bonds. The van der Waals surface area contributed by atoms with E-state index in [0.717, 1.165) is 12.8 Å². The Labute approximate surface area is 139 Å². The van der Waals surface area contributed by atoms with Gasteiger partial charge < -0.3 is 19.8 Å². The number of amides is 1. The number of carbonyl (C=O) groups is 1. The van der Waals surface area contributed by atoms with Crippen molar-refractivity contribution in [3.8, 4) is 17.8 Å². The number of nitrogens with zero attached hydrogens (tertiary/aromatic N) is 1. The van der Waals surface area contributed by atoms with E-state index >= 15 is 0 Å². The highest BCUT2D eigenvalue weighted by Crippen LogP contribution is 2.28. The maximum atomic E-state index is 12.4. The molecule has 0 aliphatic carbocycles. The van der Waals surface area contributed by atoms with E-state index in [1.165, 1.54) is 6.42 Å². The van der Waals surface area contributed by atoms with E-state index < -0.39 is 0 Å². The Morgan fingerprint density at radius 1 is 1.25 bits per heavy atom. The number of benzene rings is 1. The second-order valence-electron chi connectivity index (χ2n) is 6.22.